The highest BCUT2D eigenvalue weighted by Gasteiger charge is 2.06. The number of hydrogen-bond acceptors (Lipinski definition) is 5. The summed E-state index contributed by atoms with van der Waals surface area (Å²) in [4.78, 5) is 6.50. The number of hydrogen-bond donors (Lipinski definition) is 2. The first-order valence-electron chi connectivity index (χ1n) is 9.52. The molecular formula is C20H36N4O3. The first kappa shape index (κ1) is 23.2. The molecule has 0 saturated carbocycles. The summed E-state index contributed by atoms with van der Waals surface area (Å²) in [6.07, 6.45) is 0. The molecule has 0 aliphatic heterocycles. The fraction of sp³-hybridized carbons (Fsp3) is 0.650. The van der Waals surface area contributed by atoms with Crippen molar-refractivity contribution >= 4 is 5.96 Å². The van der Waals surface area contributed by atoms with Crippen LogP contribution < -0.4 is 15.4 Å². The van der Waals surface area contributed by atoms with Gasteiger partial charge < -0.3 is 29.7 Å². The maximum absolute atomic E-state index is 5.89. The van der Waals surface area contributed by atoms with Gasteiger partial charge in [-0.2, -0.15) is 0 Å². The summed E-state index contributed by atoms with van der Waals surface area (Å²) < 4.78 is 16.3. The predicted octanol–water partition coefficient (Wildman–Crippen LogP) is 1.65. The van der Waals surface area contributed by atoms with E-state index in [2.05, 4.69) is 52.7 Å². The van der Waals surface area contributed by atoms with Crippen LogP contribution in [-0.2, 0) is 16.0 Å². The summed E-state index contributed by atoms with van der Waals surface area (Å²) >= 11 is 0. The van der Waals surface area contributed by atoms with E-state index >= 15 is 0 Å². The van der Waals surface area contributed by atoms with Gasteiger partial charge in [0.2, 0.25) is 0 Å². The van der Waals surface area contributed by atoms with Crippen molar-refractivity contribution in [2.75, 3.05) is 67.3 Å². The third-order valence-electron chi connectivity index (χ3n) is 4.05. The SMILES string of the molecule is CCOCCOc1cc(C)ccc1CNC(=NC)NCCN(C)CCOC. The molecule has 1 aromatic rings. The van der Waals surface area contributed by atoms with Crippen LogP contribution in [0.2, 0.25) is 0 Å². The average Bonchev–Trinajstić information content (AvgIpc) is 2.67. The topological polar surface area (TPSA) is 67.4 Å². The number of guanidine groups is 1. The van der Waals surface area contributed by atoms with Gasteiger partial charge in [-0.05, 0) is 32.5 Å². The van der Waals surface area contributed by atoms with Crippen LogP contribution in [0.25, 0.3) is 0 Å². The molecule has 0 spiro atoms. The van der Waals surface area contributed by atoms with E-state index in [-0.39, 0.29) is 0 Å². The second kappa shape index (κ2) is 14.3. The normalized spacial score (nSPS) is 11.7. The fourth-order valence-corrected chi connectivity index (χ4v) is 2.42. The van der Waals surface area contributed by atoms with Crippen molar-refractivity contribution in [2.45, 2.75) is 20.4 Å². The van der Waals surface area contributed by atoms with Crippen LogP contribution in [0.5, 0.6) is 5.75 Å². The number of methoxy groups -OCH3 is 1. The molecule has 0 aliphatic carbocycles. The van der Waals surface area contributed by atoms with Gasteiger partial charge in [-0.15, -0.1) is 0 Å². The molecular weight excluding hydrogens is 344 g/mol. The summed E-state index contributed by atoms with van der Waals surface area (Å²) in [6, 6.07) is 6.24. The van der Waals surface area contributed by atoms with Gasteiger partial charge in [-0.25, -0.2) is 0 Å². The largest absolute Gasteiger partial charge is 0.491 e. The Morgan fingerprint density at radius 2 is 1.96 bits per heavy atom. The molecule has 0 aliphatic rings. The Balaban J connectivity index is 2.47. The van der Waals surface area contributed by atoms with Crippen LogP contribution in [0.4, 0.5) is 0 Å². The number of nitrogens with one attached hydrogen (secondary N) is 2. The lowest BCUT2D eigenvalue weighted by atomic mass is 10.1. The van der Waals surface area contributed by atoms with Crippen molar-refractivity contribution in [3.63, 3.8) is 0 Å². The molecule has 7 heteroatoms. The van der Waals surface area contributed by atoms with Crippen LogP contribution in [-0.4, -0.2) is 78.1 Å². The van der Waals surface area contributed by atoms with Crippen LogP contribution >= 0.6 is 0 Å². The van der Waals surface area contributed by atoms with E-state index in [9.17, 15) is 0 Å². The van der Waals surface area contributed by atoms with Gasteiger partial charge in [0.05, 0.1) is 13.2 Å². The summed E-state index contributed by atoms with van der Waals surface area (Å²) in [7, 11) is 5.57. The first-order valence-corrected chi connectivity index (χ1v) is 9.52. The molecule has 0 unspecified atom stereocenters. The van der Waals surface area contributed by atoms with E-state index in [0.717, 1.165) is 43.5 Å². The third-order valence-corrected chi connectivity index (χ3v) is 4.05. The van der Waals surface area contributed by atoms with Crippen LogP contribution in [0.3, 0.4) is 0 Å². The van der Waals surface area contributed by atoms with E-state index < -0.39 is 0 Å². The van der Waals surface area contributed by atoms with Crippen molar-refractivity contribution in [2.24, 2.45) is 4.99 Å². The quantitative estimate of drug-likeness (QED) is 0.308. The number of nitrogens with zero attached hydrogens (tertiary/aromatic N) is 2. The number of ether oxygens (including phenoxy) is 3. The maximum Gasteiger partial charge on any atom is 0.191 e. The molecule has 27 heavy (non-hydrogen) atoms. The smallest absolute Gasteiger partial charge is 0.191 e. The fourth-order valence-electron chi connectivity index (χ4n) is 2.42. The lowest BCUT2D eigenvalue weighted by Gasteiger charge is -2.18. The lowest BCUT2D eigenvalue weighted by molar-refractivity contribution is 0.110. The minimum Gasteiger partial charge on any atom is -0.491 e. The highest BCUT2D eigenvalue weighted by Crippen LogP contribution is 2.20. The monoisotopic (exact) mass is 380 g/mol. The highest BCUT2D eigenvalue weighted by molar-refractivity contribution is 5.79. The van der Waals surface area contributed by atoms with Gasteiger partial charge in [-0.1, -0.05) is 12.1 Å². The third kappa shape index (κ3) is 10.2. The van der Waals surface area contributed by atoms with Crippen molar-refractivity contribution in [1.82, 2.24) is 15.5 Å². The number of likely N-dealkylation sites (N-methyl/N-ethyl adjacent to an activating group) is 1. The highest BCUT2D eigenvalue weighted by atomic mass is 16.5. The number of rotatable bonds is 13. The minimum atomic E-state index is 0.547. The van der Waals surface area contributed by atoms with Crippen molar-refractivity contribution in [3.05, 3.63) is 29.3 Å². The van der Waals surface area contributed by atoms with Gasteiger partial charge in [0.1, 0.15) is 12.4 Å². The summed E-state index contributed by atoms with van der Waals surface area (Å²) in [6.45, 7) is 9.91. The van der Waals surface area contributed by atoms with Gasteiger partial charge in [0.25, 0.3) is 0 Å². The molecule has 1 rings (SSSR count). The van der Waals surface area contributed by atoms with Crippen molar-refractivity contribution in [1.29, 1.82) is 0 Å². The molecule has 0 heterocycles. The van der Waals surface area contributed by atoms with Gasteiger partial charge in [0.15, 0.2) is 5.96 Å². The molecule has 0 fully saturated rings. The molecule has 0 radical (unpaired) electrons. The van der Waals surface area contributed by atoms with Crippen molar-refractivity contribution < 1.29 is 14.2 Å². The molecule has 0 saturated heterocycles. The molecule has 0 amide bonds. The predicted molar refractivity (Wildman–Crippen MR) is 111 cm³/mol. The standard InChI is InChI=1S/C20H36N4O3/c1-6-26-13-14-27-19-15-17(2)7-8-18(19)16-23-20(21-3)22-9-10-24(4)11-12-25-5/h7-8,15H,6,9-14,16H2,1-5H3,(H2,21,22,23). The van der Waals surface area contributed by atoms with E-state index in [0.29, 0.717) is 26.4 Å². The zero-order valence-corrected chi connectivity index (χ0v) is 17.5. The Morgan fingerprint density at radius 1 is 1.15 bits per heavy atom. The number of aliphatic imine (C=N–C) groups is 1. The second-order valence-corrected chi connectivity index (χ2v) is 6.31. The number of benzene rings is 1. The first-order chi connectivity index (χ1) is 13.1. The molecule has 1 aromatic carbocycles. The van der Waals surface area contributed by atoms with E-state index in [1.807, 2.05) is 6.92 Å². The lowest BCUT2D eigenvalue weighted by Crippen LogP contribution is -2.41. The Kier molecular flexibility index (Phi) is 12.3. The minimum absolute atomic E-state index is 0.547. The van der Waals surface area contributed by atoms with Gasteiger partial charge in [0, 0.05) is 52.5 Å². The number of aryl methyl sites for hydroxylation is 1. The molecule has 0 aromatic heterocycles. The summed E-state index contributed by atoms with van der Waals surface area (Å²) in [5, 5.41) is 6.68. The average molecular weight is 381 g/mol. The van der Waals surface area contributed by atoms with E-state index in [1.54, 1.807) is 14.2 Å². The Hall–Kier alpha value is -1.83. The van der Waals surface area contributed by atoms with E-state index in [4.69, 9.17) is 14.2 Å². The molecule has 7 nitrogen and oxygen atoms in total. The summed E-state index contributed by atoms with van der Waals surface area (Å²) in [5.74, 6) is 1.66. The molecule has 0 atom stereocenters. The van der Waals surface area contributed by atoms with Crippen LogP contribution in [0, 0.1) is 6.92 Å². The Morgan fingerprint density at radius 3 is 2.67 bits per heavy atom. The zero-order chi connectivity index (χ0) is 19.9. The van der Waals surface area contributed by atoms with Gasteiger partial charge >= 0.3 is 0 Å². The Bertz CT molecular complexity index is 552. The second-order valence-electron chi connectivity index (χ2n) is 6.31. The maximum atomic E-state index is 5.89. The van der Waals surface area contributed by atoms with Crippen LogP contribution in [0.1, 0.15) is 18.1 Å². The zero-order valence-electron chi connectivity index (χ0n) is 17.5. The summed E-state index contributed by atoms with van der Waals surface area (Å²) in [5.41, 5.74) is 2.27. The van der Waals surface area contributed by atoms with E-state index in [1.165, 1.54) is 5.56 Å². The van der Waals surface area contributed by atoms with Gasteiger partial charge in [-0.3, -0.25) is 4.99 Å². The Labute approximate surface area is 164 Å². The molecule has 2 N–H and O–H groups in total. The van der Waals surface area contributed by atoms with Crippen LogP contribution in [0.15, 0.2) is 23.2 Å². The molecule has 154 valence electrons. The van der Waals surface area contributed by atoms with Crippen molar-refractivity contribution in [3.8, 4) is 5.75 Å². The molecule has 0 bridgehead atoms.